The number of benzene rings is 2. The van der Waals surface area contributed by atoms with E-state index in [1.165, 1.54) is 18.2 Å². The molecule has 2 aromatic carbocycles. The Kier molecular flexibility index (Phi) is 5.44. The van der Waals surface area contributed by atoms with Crippen molar-refractivity contribution in [3.8, 4) is 17.2 Å². The van der Waals surface area contributed by atoms with E-state index >= 15 is 0 Å². The summed E-state index contributed by atoms with van der Waals surface area (Å²) < 4.78 is 7.57. The monoisotopic (exact) mass is 379 g/mol. The summed E-state index contributed by atoms with van der Waals surface area (Å²) in [6.45, 7) is 6.52. The summed E-state index contributed by atoms with van der Waals surface area (Å²) >= 11 is 0. The van der Waals surface area contributed by atoms with Crippen LogP contribution >= 0.6 is 0 Å². The van der Waals surface area contributed by atoms with Gasteiger partial charge in [-0.3, -0.25) is 15.1 Å². The molecule has 1 heterocycles. The zero-order valence-electron chi connectivity index (χ0n) is 15.9. The molecule has 1 aromatic heterocycles. The number of aromatic hydroxyl groups is 1. The second-order valence-electron chi connectivity index (χ2n) is 6.28. The van der Waals surface area contributed by atoms with Crippen LogP contribution in [-0.2, 0) is 0 Å². The summed E-state index contributed by atoms with van der Waals surface area (Å²) in [6, 6.07) is 13.6. The highest BCUT2D eigenvalue weighted by molar-refractivity contribution is 5.85. The number of ether oxygens (including phenoxy) is 1. The first kappa shape index (κ1) is 19.2. The first-order valence-electron chi connectivity index (χ1n) is 8.84. The highest BCUT2D eigenvalue weighted by atomic mass is 16.6. The maximum Gasteiger partial charge on any atom is 0.271 e. The van der Waals surface area contributed by atoms with Gasteiger partial charge in [0.25, 0.3) is 5.69 Å². The number of rotatable bonds is 6. The topological polar surface area (TPSA) is 89.9 Å². The van der Waals surface area contributed by atoms with Crippen molar-refractivity contribution < 1.29 is 14.8 Å². The Balaban J connectivity index is 1.93. The number of aryl methyl sites for hydroxylation is 1. The summed E-state index contributed by atoms with van der Waals surface area (Å²) in [7, 11) is 0. The molecule has 0 radical (unpaired) electrons. The Morgan fingerprint density at radius 3 is 2.54 bits per heavy atom. The summed E-state index contributed by atoms with van der Waals surface area (Å²) in [4.78, 5) is 14.7. The minimum absolute atomic E-state index is 0.109. The highest BCUT2D eigenvalue weighted by Crippen LogP contribution is 2.30. The van der Waals surface area contributed by atoms with Crippen molar-refractivity contribution in [1.82, 2.24) is 4.57 Å². The molecule has 0 amide bonds. The zero-order chi connectivity index (χ0) is 20.3. The molecule has 7 nitrogen and oxygen atoms in total. The van der Waals surface area contributed by atoms with Crippen molar-refractivity contribution in [2.24, 2.45) is 4.99 Å². The maximum atomic E-state index is 10.9. The minimum Gasteiger partial charge on any atom is -0.506 e. The average molecular weight is 379 g/mol. The van der Waals surface area contributed by atoms with E-state index in [0.717, 1.165) is 28.4 Å². The lowest BCUT2D eigenvalue weighted by molar-refractivity contribution is -0.384. The van der Waals surface area contributed by atoms with E-state index in [2.05, 4.69) is 9.56 Å². The van der Waals surface area contributed by atoms with Crippen LogP contribution in [0.4, 0.5) is 11.4 Å². The Morgan fingerprint density at radius 1 is 1.18 bits per heavy atom. The Morgan fingerprint density at radius 2 is 1.89 bits per heavy atom. The Hall–Kier alpha value is -3.61. The van der Waals surface area contributed by atoms with Gasteiger partial charge in [0.1, 0.15) is 17.2 Å². The average Bonchev–Trinajstić information content (AvgIpc) is 2.95. The van der Waals surface area contributed by atoms with Gasteiger partial charge in [0.05, 0.1) is 11.5 Å². The maximum absolute atomic E-state index is 10.9. The van der Waals surface area contributed by atoms with E-state index in [-0.39, 0.29) is 17.1 Å². The number of non-ortho nitro benzene ring substituents is 1. The summed E-state index contributed by atoms with van der Waals surface area (Å²) in [6.07, 6.45) is 1.60. The van der Waals surface area contributed by atoms with Crippen LogP contribution in [0.2, 0.25) is 0 Å². The molecule has 1 N–H and O–H groups in total. The molecule has 0 aliphatic carbocycles. The fraction of sp³-hybridized carbons (Fsp3) is 0.190. The SMILES string of the molecule is CCOc1ccc(-n2c(C)cc(C=Nc3cc([N+](=O)[O-])ccc3O)c2C)cc1. The van der Waals surface area contributed by atoms with Crippen LogP contribution in [0.3, 0.4) is 0 Å². The molecule has 3 aromatic rings. The first-order valence-corrected chi connectivity index (χ1v) is 8.84. The number of phenolic OH excluding ortho intramolecular Hbond substituents is 1. The van der Waals surface area contributed by atoms with Gasteiger partial charge in [0.2, 0.25) is 0 Å². The van der Waals surface area contributed by atoms with Gasteiger partial charge in [-0.2, -0.15) is 0 Å². The van der Waals surface area contributed by atoms with E-state index in [0.29, 0.717) is 6.61 Å². The zero-order valence-corrected chi connectivity index (χ0v) is 15.9. The fourth-order valence-corrected chi connectivity index (χ4v) is 3.04. The highest BCUT2D eigenvalue weighted by Gasteiger charge is 2.12. The van der Waals surface area contributed by atoms with Crippen LogP contribution in [0.1, 0.15) is 23.9 Å². The van der Waals surface area contributed by atoms with Gasteiger partial charge in [-0.15, -0.1) is 0 Å². The van der Waals surface area contributed by atoms with E-state index in [1.807, 2.05) is 51.1 Å². The number of nitro benzene ring substituents is 1. The third-order valence-electron chi connectivity index (χ3n) is 4.39. The molecule has 144 valence electrons. The van der Waals surface area contributed by atoms with Gasteiger partial charge in [-0.1, -0.05) is 0 Å². The van der Waals surface area contributed by atoms with Crippen molar-refractivity contribution >= 4 is 17.6 Å². The summed E-state index contributed by atoms with van der Waals surface area (Å²) in [5, 5.41) is 20.8. The number of nitro groups is 1. The number of aromatic nitrogens is 1. The Labute approximate surface area is 162 Å². The predicted octanol–water partition coefficient (Wildman–Crippen LogP) is 4.86. The van der Waals surface area contributed by atoms with Crippen LogP contribution in [0.15, 0.2) is 53.5 Å². The van der Waals surface area contributed by atoms with Gasteiger partial charge in [0, 0.05) is 41.0 Å². The van der Waals surface area contributed by atoms with Crippen molar-refractivity contribution in [2.75, 3.05) is 6.61 Å². The Bertz CT molecular complexity index is 1040. The third-order valence-corrected chi connectivity index (χ3v) is 4.39. The second kappa shape index (κ2) is 7.96. The fourth-order valence-electron chi connectivity index (χ4n) is 3.04. The van der Waals surface area contributed by atoms with Crippen LogP contribution in [-0.4, -0.2) is 27.4 Å². The van der Waals surface area contributed by atoms with Gasteiger partial charge in [-0.25, -0.2) is 0 Å². The molecule has 0 atom stereocenters. The molecule has 3 rings (SSSR count). The van der Waals surface area contributed by atoms with E-state index < -0.39 is 4.92 Å². The van der Waals surface area contributed by atoms with Crippen molar-refractivity contribution in [2.45, 2.75) is 20.8 Å². The lowest BCUT2D eigenvalue weighted by atomic mass is 10.2. The van der Waals surface area contributed by atoms with E-state index in [4.69, 9.17) is 4.74 Å². The predicted molar refractivity (Wildman–Crippen MR) is 108 cm³/mol. The van der Waals surface area contributed by atoms with Gasteiger partial charge < -0.3 is 14.4 Å². The quantitative estimate of drug-likeness (QED) is 0.376. The molecule has 0 saturated heterocycles. The molecule has 0 aliphatic rings. The molecular weight excluding hydrogens is 358 g/mol. The molecule has 0 aliphatic heterocycles. The molecule has 28 heavy (non-hydrogen) atoms. The summed E-state index contributed by atoms with van der Waals surface area (Å²) in [5.41, 5.74) is 3.88. The largest absolute Gasteiger partial charge is 0.506 e. The lowest BCUT2D eigenvalue weighted by Crippen LogP contribution is -2.00. The van der Waals surface area contributed by atoms with Crippen LogP contribution in [0.5, 0.6) is 11.5 Å². The molecular formula is C21H21N3O4. The smallest absolute Gasteiger partial charge is 0.271 e. The number of hydrogen-bond acceptors (Lipinski definition) is 5. The normalized spacial score (nSPS) is 11.1. The molecule has 0 fully saturated rings. The van der Waals surface area contributed by atoms with Crippen molar-refractivity contribution in [3.63, 3.8) is 0 Å². The first-order chi connectivity index (χ1) is 13.4. The molecule has 0 bridgehead atoms. The van der Waals surface area contributed by atoms with Gasteiger partial charge in [-0.05, 0) is 57.2 Å². The summed E-state index contributed by atoms with van der Waals surface area (Å²) in [5.74, 6) is 0.707. The molecule has 0 saturated carbocycles. The second-order valence-corrected chi connectivity index (χ2v) is 6.28. The molecule has 0 unspecified atom stereocenters. The molecule has 0 spiro atoms. The van der Waals surface area contributed by atoms with Crippen LogP contribution < -0.4 is 4.74 Å². The number of nitrogens with zero attached hydrogens (tertiary/aromatic N) is 3. The minimum atomic E-state index is -0.518. The van der Waals surface area contributed by atoms with E-state index in [1.54, 1.807) is 6.21 Å². The van der Waals surface area contributed by atoms with Crippen LogP contribution in [0.25, 0.3) is 5.69 Å². The number of phenols is 1. The number of hydrogen-bond donors (Lipinski definition) is 1. The number of aliphatic imine (C=N–C) groups is 1. The van der Waals surface area contributed by atoms with Crippen LogP contribution in [0, 0.1) is 24.0 Å². The van der Waals surface area contributed by atoms with Gasteiger partial charge >= 0.3 is 0 Å². The van der Waals surface area contributed by atoms with E-state index in [9.17, 15) is 15.2 Å². The molecule has 7 heteroatoms. The van der Waals surface area contributed by atoms with Crippen molar-refractivity contribution in [1.29, 1.82) is 0 Å². The third kappa shape index (κ3) is 3.88. The van der Waals surface area contributed by atoms with Gasteiger partial charge in [0.15, 0.2) is 0 Å². The lowest BCUT2D eigenvalue weighted by Gasteiger charge is -2.11. The van der Waals surface area contributed by atoms with Crippen molar-refractivity contribution in [3.05, 3.63) is 75.6 Å². The standard InChI is InChI=1S/C21H21N3O4/c1-4-28-19-8-5-17(6-9-19)23-14(2)11-16(15(23)3)13-22-20-12-18(24(26)27)7-10-21(20)25/h5-13,25H,4H2,1-3H3.